The summed E-state index contributed by atoms with van der Waals surface area (Å²) in [6.45, 7) is 9.46. The first-order valence-corrected chi connectivity index (χ1v) is 16.9. The minimum absolute atomic E-state index is 0.0901. The molecule has 0 spiro atoms. The molecule has 248 valence electrons. The lowest BCUT2D eigenvalue weighted by Gasteiger charge is -2.34. The molecular formula is C36H42N2O8P+. The topological polar surface area (TPSA) is 132 Å². The Hall–Kier alpha value is -4.14. The highest BCUT2D eigenvalue weighted by Crippen LogP contribution is 2.63. The summed E-state index contributed by atoms with van der Waals surface area (Å²) in [7, 11) is 0.206. The number of esters is 1. The van der Waals surface area contributed by atoms with Crippen LogP contribution in [0.2, 0.25) is 0 Å². The average molecular weight is 662 g/mol. The smallest absolute Gasteiger partial charge is 0.497 e. The van der Waals surface area contributed by atoms with Crippen molar-refractivity contribution < 1.29 is 38.1 Å². The van der Waals surface area contributed by atoms with Gasteiger partial charge in [0.2, 0.25) is 11.1 Å². The maximum Gasteiger partial charge on any atom is 0.513 e. The van der Waals surface area contributed by atoms with Crippen molar-refractivity contribution in [2.24, 2.45) is 17.3 Å². The van der Waals surface area contributed by atoms with Crippen molar-refractivity contribution >= 4 is 36.6 Å². The Morgan fingerprint density at radius 1 is 1.15 bits per heavy atom. The number of ketones is 1. The lowest BCUT2D eigenvalue weighted by molar-refractivity contribution is -0.151. The highest BCUT2D eigenvalue weighted by molar-refractivity contribution is 7.40. The molecule has 5 rings (SSSR count). The number of hydrogen-bond donors (Lipinski definition) is 1. The number of carbonyl (C=O) groups excluding carboxylic acids is 3. The zero-order valence-electron chi connectivity index (χ0n) is 27.5. The fourth-order valence-electron chi connectivity index (χ4n) is 6.52. The molecule has 2 aliphatic rings. The number of methoxy groups -OCH3 is 2. The number of pyridine rings is 1. The van der Waals surface area contributed by atoms with Gasteiger partial charge in [-0.15, -0.1) is 6.58 Å². The largest absolute Gasteiger partial charge is 0.513 e. The average Bonchev–Trinajstić information content (AvgIpc) is 3.62. The fourth-order valence-corrected chi connectivity index (χ4v) is 7.55. The Balaban J connectivity index is 1.51. The van der Waals surface area contributed by atoms with Crippen LogP contribution in [0.3, 0.4) is 0 Å². The zero-order valence-corrected chi connectivity index (χ0v) is 28.4. The summed E-state index contributed by atoms with van der Waals surface area (Å²) < 4.78 is 29.4. The molecular weight excluding hydrogens is 619 g/mol. The second-order valence-corrected chi connectivity index (χ2v) is 14.9. The molecule has 6 atom stereocenters. The van der Waals surface area contributed by atoms with Crippen LogP contribution in [-0.4, -0.2) is 70.5 Å². The van der Waals surface area contributed by atoms with E-state index in [0.717, 1.165) is 10.9 Å². The van der Waals surface area contributed by atoms with E-state index < -0.39 is 42.6 Å². The van der Waals surface area contributed by atoms with Gasteiger partial charge >= 0.3 is 14.0 Å². The number of ether oxygens (including phenoxy) is 3. The summed E-state index contributed by atoms with van der Waals surface area (Å²) in [5.41, 5.74) is 1.61. The molecule has 0 bridgehead atoms. The van der Waals surface area contributed by atoms with Gasteiger partial charge in [-0.05, 0) is 22.1 Å². The van der Waals surface area contributed by atoms with E-state index in [1.54, 1.807) is 13.2 Å². The van der Waals surface area contributed by atoms with Crippen molar-refractivity contribution in [1.82, 2.24) is 9.88 Å². The first-order valence-electron chi connectivity index (χ1n) is 15.7. The molecule has 2 aromatic carbocycles. The third-order valence-electron chi connectivity index (χ3n) is 9.45. The molecule has 1 aromatic heterocycles. The number of amides is 1. The molecule has 47 heavy (non-hydrogen) atoms. The van der Waals surface area contributed by atoms with Crippen LogP contribution in [-0.2, 0) is 23.7 Å². The summed E-state index contributed by atoms with van der Waals surface area (Å²) in [4.78, 5) is 57.2. The molecule has 3 aromatic rings. The highest BCUT2D eigenvalue weighted by atomic mass is 31.1. The minimum Gasteiger partial charge on any atom is -0.497 e. The number of nitrogens with zero attached hydrogens (tertiary/aromatic N) is 2. The minimum atomic E-state index is -2.66. The van der Waals surface area contributed by atoms with Gasteiger partial charge in [0.05, 0.1) is 56.8 Å². The molecule has 1 N–H and O–H groups in total. The van der Waals surface area contributed by atoms with Crippen LogP contribution in [0.1, 0.15) is 46.5 Å². The van der Waals surface area contributed by atoms with Crippen LogP contribution in [0.4, 0.5) is 0 Å². The lowest BCUT2D eigenvalue weighted by Crippen LogP contribution is -2.48. The molecule has 0 radical (unpaired) electrons. The number of benzene rings is 2. The van der Waals surface area contributed by atoms with E-state index in [1.807, 2.05) is 75.4 Å². The summed E-state index contributed by atoms with van der Waals surface area (Å²) in [6, 6.07) is 16.1. The predicted octanol–water partition coefficient (Wildman–Crippen LogP) is 6.12. The number of aromatic nitrogens is 1. The van der Waals surface area contributed by atoms with Crippen LogP contribution in [0.5, 0.6) is 11.5 Å². The van der Waals surface area contributed by atoms with Crippen molar-refractivity contribution in [3.63, 3.8) is 0 Å². The Bertz CT molecular complexity index is 1700. The number of fused-ring (bicyclic) bond motifs is 1. The maximum absolute atomic E-state index is 14.3. The fraction of sp³-hybridized carbons (Fsp3) is 0.444. The number of likely N-dealkylation sites (tertiary alicyclic amines) is 1. The molecule has 1 saturated carbocycles. The van der Waals surface area contributed by atoms with Gasteiger partial charge in [-0.3, -0.25) is 14.4 Å². The Morgan fingerprint density at radius 2 is 1.87 bits per heavy atom. The van der Waals surface area contributed by atoms with Crippen molar-refractivity contribution in [1.29, 1.82) is 0 Å². The van der Waals surface area contributed by atoms with E-state index in [1.165, 1.54) is 12.0 Å². The quantitative estimate of drug-likeness (QED) is 0.138. The summed E-state index contributed by atoms with van der Waals surface area (Å²) in [5.74, 6) is -1.05. The summed E-state index contributed by atoms with van der Waals surface area (Å²) >= 11 is 0. The van der Waals surface area contributed by atoms with Crippen LogP contribution < -0.4 is 9.47 Å². The molecule has 2 heterocycles. The molecule has 11 heteroatoms. The van der Waals surface area contributed by atoms with E-state index in [-0.39, 0.29) is 43.4 Å². The van der Waals surface area contributed by atoms with Crippen LogP contribution in [0.15, 0.2) is 67.3 Å². The van der Waals surface area contributed by atoms with Crippen LogP contribution >= 0.6 is 8.03 Å². The molecule has 1 saturated heterocycles. The monoisotopic (exact) mass is 661 g/mol. The zero-order chi connectivity index (χ0) is 34.1. The van der Waals surface area contributed by atoms with E-state index in [4.69, 9.17) is 19.2 Å². The van der Waals surface area contributed by atoms with Crippen molar-refractivity contribution in [2.75, 3.05) is 20.8 Å². The summed E-state index contributed by atoms with van der Waals surface area (Å²) in [6.07, 6.45) is 1.28. The van der Waals surface area contributed by atoms with Crippen LogP contribution in [0.25, 0.3) is 22.2 Å². The molecule has 1 amide bonds. The molecule has 1 aliphatic carbocycles. The highest BCUT2D eigenvalue weighted by Gasteiger charge is 2.69. The lowest BCUT2D eigenvalue weighted by atomic mass is 9.77. The van der Waals surface area contributed by atoms with Crippen molar-refractivity contribution in [2.45, 2.75) is 63.8 Å². The van der Waals surface area contributed by atoms with E-state index in [9.17, 15) is 23.8 Å². The van der Waals surface area contributed by atoms with Gasteiger partial charge in [-0.25, -0.2) is 4.98 Å². The number of carbonyl (C=O) groups is 3. The number of Topliss-reactive ketones (excluding diaryl/α,β-unsaturated/α-hetero) is 1. The third-order valence-corrected chi connectivity index (χ3v) is 10.9. The molecule has 1 aliphatic heterocycles. The van der Waals surface area contributed by atoms with Gasteiger partial charge in [0.1, 0.15) is 17.6 Å². The number of allylic oxidation sites excluding steroid dienone is 1. The SMILES string of the molecule is C=C[C@@H]1C[C@]1(CC(=O)[C@@H]1C[C@@H](Oc2cc(-c3ccccc3)nc3cc(OC)ccc23)CN1C(=O)[C@@H](CC(=O)OC)C(C)(C)C)[P+](=O)O. The Kier molecular flexibility index (Phi) is 9.85. The molecule has 2 fully saturated rings. The van der Waals surface area contributed by atoms with Gasteiger partial charge in [-0.1, -0.05) is 57.2 Å². The first-order chi connectivity index (χ1) is 22.3. The second-order valence-electron chi connectivity index (χ2n) is 13.5. The van der Waals surface area contributed by atoms with Gasteiger partial charge in [0.25, 0.3) is 0 Å². The van der Waals surface area contributed by atoms with Gasteiger partial charge in [0.15, 0.2) is 5.78 Å². The van der Waals surface area contributed by atoms with Gasteiger partial charge in [0, 0.05) is 41.8 Å². The van der Waals surface area contributed by atoms with Crippen molar-refractivity contribution in [3.05, 3.63) is 67.3 Å². The Labute approximate surface area is 276 Å². The normalized spacial score (nSPS) is 23.1. The van der Waals surface area contributed by atoms with E-state index in [2.05, 4.69) is 6.58 Å². The van der Waals surface area contributed by atoms with E-state index in [0.29, 0.717) is 29.1 Å². The van der Waals surface area contributed by atoms with E-state index >= 15 is 0 Å². The standard InChI is InChI=1S/C36H41N2O8P/c1-7-23-19-36(23,47(42)43)20-31(39)30-16-25(21-38(30)34(41)27(35(2,3)4)17-33(40)45-6)46-32-18-28(22-11-9-8-10-12-22)37-29-15-24(44-5)13-14-26(29)32/h7-15,18,23,25,27,30H,1,16-17,19-21H2,2-6H3/p+1/t23-,25-,27-,30+,36-/m1/s1. The van der Waals surface area contributed by atoms with Crippen LogP contribution in [0, 0.1) is 17.3 Å². The second kappa shape index (κ2) is 13.5. The van der Waals surface area contributed by atoms with Crippen molar-refractivity contribution in [3.8, 4) is 22.8 Å². The predicted molar refractivity (Wildman–Crippen MR) is 178 cm³/mol. The molecule has 1 unspecified atom stereocenters. The first kappa shape index (κ1) is 34.2. The van der Waals surface area contributed by atoms with Gasteiger partial charge in [-0.2, -0.15) is 4.89 Å². The van der Waals surface area contributed by atoms with Gasteiger partial charge < -0.3 is 19.1 Å². The number of rotatable bonds is 12. The summed E-state index contributed by atoms with van der Waals surface area (Å²) in [5, 5.41) is -0.346. The maximum atomic E-state index is 14.3. The molecule has 10 nitrogen and oxygen atoms in total. The third kappa shape index (κ3) is 7.09. The number of hydrogen-bond acceptors (Lipinski definition) is 8. The Morgan fingerprint density at radius 3 is 2.47 bits per heavy atom.